The summed E-state index contributed by atoms with van der Waals surface area (Å²) < 4.78 is 0. The highest BCUT2D eigenvalue weighted by molar-refractivity contribution is 5.21. The summed E-state index contributed by atoms with van der Waals surface area (Å²) in [6, 6.07) is 1.82. The first-order chi connectivity index (χ1) is 6.95. The third kappa shape index (κ3) is 2.53. The molecule has 0 aromatic carbocycles. The summed E-state index contributed by atoms with van der Waals surface area (Å²) >= 11 is 0. The van der Waals surface area contributed by atoms with Crippen molar-refractivity contribution in [2.24, 2.45) is 0 Å². The summed E-state index contributed by atoms with van der Waals surface area (Å²) in [5.41, 5.74) is 0. The second-order valence-corrected chi connectivity index (χ2v) is 3.23. The van der Waals surface area contributed by atoms with Crippen LogP contribution in [0.5, 0.6) is 0 Å². The molecule has 1 aromatic heterocycles. The van der Waals surface area contributed by atoms with Gasteiger partial charge in [0, 0.05) is 38.6 Å². The van der Waals surface area contributed by atoms with Gasteiger partial charge in [0.15, 0.2) is 0 Å². The first-order valence-corrected chi connectivity index (χ1v) is 4.83. The van der Waals surface area contributed by atoms with Gasteiger partial charge in [0.25, 0.3) is 0 Å². The average Bonchev–Trinajstić information content (AvgIpc) is 2.72. The van der Waals surface area contributed by atoms with Gasteiger partial charge in [-0.25, -0.2) is 9.97 Å². The van der Waals surface area contributed by atoms with Crippen molar-refractivity contribution in [2.45, 2.75) is 0 Å². The van der Waals surface area contributed by atoms with E-state index >= 15 is 0 Å². The maximum absolute atomic E-state index is 4.09. The van der Waals surface area contributed by atoms with Gasteiger partial charge < -0.3 is 5.32 Å². The lowest BCUT2D eigenvalue weighted by Gasteiger charge is -2.14. The van der Waals surface area contributed by atoms with Crippen LogP contribution in [0, 0.1) is 0 Å². The van der Waals surface area contributed by atoms with Gasteiger partial charge in [-0.2, -0.15) is 0 Å². The maximum atomic E-state index is 4.09. The summed E-state index contributed by atoms with van der Waals surface area (Å²) in [6.07, 6.45) is 7.87. The van der Waals surface area contributed by atoms with Crippen LogP contribution in [0.15, 0.2) is 30.6 Å². The number of anilines is 1. The fourth-order valence-corrected chi connectivity index (χ4v) is 1.42. The third-order valence-electron chi connectivity index (χ3n) is 2.17. The van der Waals surface area contributed by atoms with E-state index in [1.54, 1.807) is 12.4 Å². The van der Waals surface area contributed by atoms with Crippen LogP contribution in [-0.4, -0.2) is 41.0 Å². The number of aromatic nitrogens is 2. The molecule has 0 saturated heterocycles. The monoisotopic (exact) mass is 190 g/mol. The topological polar surface area (TPSA) is 41.0 Å². The summed E-state index contributed by atoms with van der Waals surface area (Å²) in [6.45, 7) is 4.06. The standard InChI is InChI=1S/C10H14N4/c1-2-8-14(7-1)9-6-13-10-11-4-3-5-12-10/h1-5H,6-9H2,(H,11,12,13). The molecule has 1 aliphatic heterocycles. The van der Waals surface area contributed by atoms with Crippen molar-refractivity contribution in [3.05, 3.63) is 30.6 Å². The Bertz CT molecular complexity index is 288. The van der Waals surface area contributed by atoms with Crippen molar-refractivity contribution in [3.63, 3.8) is 0 Å². The van der Waals surface area contributed by atoms with Crippen molar-refractivity contribution in [1.29, 1.82) is 0 Å². The second kappa shape index (κ2) is 4.72. The summed E-state index contributed by atoms with van der Waals surface area (Å²) in [5, 5.41) is 3.18. The van der Waals surface area contributed by atoms with Gasteiger partial charge >= 0.3 is 0 Å². The largest absolute Gasteiger partial charge is 0.353 e. The van der Waals surface area contributed by atoms with Crippen LogP contribution >= 0.6 is 0 Å². The van der Waals surface area contributed by atoms with Crippen LogP contribution < -0.4 is 5.32 Å². The van der Waals surface area contributed by atoms with Crippen LogP contribution in [0.1, 0.15) is 0 Å². The van der Waals surface area contributed by atoms with Crippen molar-refractivity contribution in [3.8, 4) is 0 Å². The van der Waals surface area contributed by atoms with E-state index in [2.05, 4.69) is 32.3 Å². The van der Waals surface area contributed by atoms with Crippen molar-refractivity contribution >= 4 is 5.95 Å². The molecule has 0 fully saturated rings. The van der Waals surface area contributed by atoms with E-state index < -0.39 is 0 Å². The molecule has 4 heteroatoms. The molecule has 14 heavy (non-hydrogen) atoms. The lowest BCUT2D eigenvalue weighted by Crippen LogP contribution is -2.26. The Hall–Kier alpha value is -1.42. The van der Waals surface area contributed by atoms with Crippen LogP contribution in [-0.2, 0) is 0 Å². The zero-order valence-corrected chi connectivity index (χ0v) is 8.06. The molecule has 1 N–H and O–H groups in total. The minimum absolute atomic E-state index is 0.708. The average molecular weight is 190 g/mol. The number of nitrogens with one attached hydrogen (secondary N) is 1. The molecule has 0 bridgehead atoms. The maximum Gasteiger partial charge on any atom is 0.222 e. The van der Waals surface area contributed by atoms with Gasteiger partial charge in [-0.1, -0.05) is 12.2 Å². The Labute approximate surface area is 83.7 Å². The van der Waals surface area contributed by atoms with Gasteiger partial charge in [-0.15, -0.1) is 0 Å². The van der Waals surface area contributed by atoms with E-state index in [-0.39, 0.29) is 0 Å². The van der Waals surface area contributed by atoms with Crippen LogP contribution in [0.4, 0.5) is 5.95 Å². The summed E-state index contributed by atoms with van der Waals surface area (Å²) in [5.74, 6) is 0.708. The fourth-order valence-electron chi connectivity index (χ4n) is 1.42. The Balaban J connectivity index is 1.68. The molecular weight excluding hydrogens is 176 g/mol. The van der Waals surface area contributed by atoms with Crippen molar-refractivity contribution in [1.82, 2.24) is 14.9 Å². The zero-order valence-electron chi connectivity index (χ0n) is 8.06. The van der Waals surface area contributed by atoms with Gasteiger partial charge in [-0.05, 0) is 6.07 Å². The SMILES string of the molecule is C1=CCN(CCNc2ncccn2)C1. The quantitative estimate of drug-likeness (QED) is 0.712. The number of hydrogen-bond donors (Lipinski definition) is 1. The van der Waals surface area contributed by atoms with E-state index in [4.69, 9.17) is 0 Å². The Morgan fingerprint density at radius 3 is 2.64 bits per heavy atom. The molecule has 2 rings (SSSR count). The van der Waals surface area contributed by atoms with Crippen molar-refractivity contribution in [2.75, 3.05) is 31.5 Å². The first-order valence-electron chi connectivity index (χ1n) is 4.83. The Morgan fingerprint density at radius 1 is 1.21 bits per heavy atom. The minimum Gasteiger partial charge on any atom is -0.353 e. The Kier molecular flexibility index (Phi) is 3.08. The van der Waals surface area contributed by atoms with Crippen molar-refractivity contribution < 1.29 is 0 Å². The van der Waals surface area contributed by atoms with E-state index in [9.17, 15) is 0 Å². The molecular formula is C10H14N4. The summed E-state index contributed by atoms with van der Waals surface area (Å²) in [7, 11) is 0. The van der Waals surface area contributed by atoms with Crippen LogP contribution in [0.3, 0.4) is 0 Å². The van der Waals surface area contributed by atoms with E-state index in [1.807, 2.05) is 6.07 Å². The summed E-state index contributed by atoms with van der Waals surface area (Å²) in [4.78, 5) is 10.5. The molecule has 1 aromatic rings. The molecule has 74 valence electrons. The van der Waals surface area contributed by atoms with E-state index in [0.717, 1.165) is 26.2 Å². The smallest absolute Gasteiger partial charge is 0.222 e. The lowest BCUT2D eigenvalue weighted by molar-refractivity contribution is 0.367. The third-order valence-corrected chi connectivity index (χ3v) is 2.17. The zero-order chi connectivity index (χ0) is 9.64. The molecule has 0 atom stereocenters. The second-order valence-electron chi connectivity index (χ2n) is 3.23. The van der Waals surface area contributed by atoms with Gasteiger partial charge in [0.2, 0.25) is 5.95 Å². The highest BCUT2D eigenvalue weighted by Crippen LogP contribution is 1.98. The lowest BCUT2D eigenvalue weighted by atomic mass is 10.5. The minimum atomic E-state index is 0.708. The molecule has 1 aliphatic rings. The number of hydrogen-bond acceptors (Lipinski definition) is 4. The molecule has 0 spiro atoms. The molecule has 0 unspecified atom stereocenters. The predicted molar refractivity (Wildman–Crippen MR) is 56.1 cm³/mol. The predicted octanol–water partition coefficient (Wildman–Crippen LogP) is 0.760. The molecule has 0 amide bonds. The van der Waals surface area contributed by atoms with E-state index in [1.165, 1.54) is 0 Å². The van der Waals surface area contributed by atoms with Crippen LogP contribution in [0.25, 0.3) is 0 Å². The van der Waals surface area contributed by atoms with Gasteiger partial charge in [0.1, 0.15) is 0 Å². The highest BCUT2D eigenvalue weighted by atomic mass is 15.2. The Morgan fingerprint density at radius 2 is 1.93 bits per heavy atom. The number of rotatable bonds is 4. The normalized spacial score (nSPS) is 16.0. The molecule has 0 aliphatic carbocycles. The van der Waals surface area contributed by atoms with Gasteiger partial charge in [-0.3, -0.25) is 4.90 Å². The molecule has 0 radical (unpaired) electrons. The molecule has 4 nitrogen and oxygen atoms in total. The molecule has 2 heterocycles. The fraction of sp³-hybridized carbons (Fsp3) is 0.400. The van der Waals surface area contributed by atoms with Crippen LogP contribution in [0.2, 0.25) is 0 Å². The first kappa shape index (κ1) is 9.15. The number of nitrogens with zero attached hydrogens (tertiary/aromatic N) is 3. The molecule has 0 saturated carbocycles. The highest BCUT2D eigenvalue weighted by Gasteiger charge is 2.04. The van der Waals surface area contributed by atoms with E-state index in [0.29, 0.717) is 5.95 Å². The van der Waals surface area contributed by atoms with Gasteiger partial charge in [0.05, 0.1) is 0 Å².